The maximum atomic E-state index is 12.6. The van der Waals surface area contributed by atoms with Gasteiger partial charge in [-0.05, 0) is 48.9 Å². The Morgan fingerprint density at radius 2 is 2.16 bits per heavy atom. The Hall–Kier alpha value is -2.41. The molecule has 1 atom stereocenters. The molecule has 7 heteroatoms. The number of aryl methyl sites for hydroxylation is 2. The predicted molar refractivity (Wildman–Crippen MR) is 88.2 cm³/mol. The van der Waals surface area contributed by atoms with Gasteiger partial charge in [0, 0.05) is 6.54 Å². The van der Waals surface area contributed by atoms with Gasteiger partial charge in [0.1, 0.15) is 11.8 Å². The summed E-state index contributed by atoms with van der Waals surface area (Å²) in [6.45, 7) is 1.35. The molecule has 0 radical (unpaired) electrons. The van der Waals surface area contributed by atoms with E-state index >= 15 is 0 Å². The van der Waals surface area contributed by atoms with Crippen LogP contribution in [0.25, 0.3) is 0 Å². The van der Waals surface area contributed by atoms with E-state index in [0.29, 0.717) is 25.6 Å². The van der Waals surface area contributed by atoms with E-state index in [-0.39, 0.29) is 18.6 Å². The second kappa shape index (κ2) is 7.23. The minimum absolute atomic E-state index is 0.00681. The number of nitrogens with zero attached hydrogens (tertiary/aromatic N) is 3. The molecule has 2 heterocycles. The quantitative estimate of drug-likeness (QED) is 0.844. The zero-order valence-electron chi connectivity index (χ0n) is 14.0. The van der Waals surface area contributed by atoms with Gasteiger partial charge in [-0.2, -0.15) is 4.98 Å². The molecule has 1 fully saturated rings. The molecule has 1 aromatic heterocycles. The monoisotopic (exact) mass is 343 g/mol. The number of benzene rings is 1. The first-order valence-electron chi connectivity index (χ1n) is 8.69. The summed E-state index contributed by atoms with van der Waals surface area (Å²) in [5, 5.41) is 3.84. The van der Waals surface area contributed by atoms with Crippen LogP contribution in [-0.2, 0) is 22.4 Å². The lowest BCUT2D eigenvalue weighted by Gasteiger charge is -2.33. The average Bonchev–Trinajstić information content (AvgIpc) is 3.20. The van der Waals surface area contributed by atoms with Crippen molar-refractivity contribution in [3.63, 3.8) is 0 Å². The summed E-state index contributed by atoms with van der Waals surface area (Å²) in [6.07, 6.45) is 5.95. The number of carbonyl (C=O) groups excluding carboxylic acids is 1. The van der Waals surface area contributed by atoms with E-state index in [2.05, 4.69) is 22.3 Å². The second-order valence-corrected chi connectivity index (χ2v) is 6.39. The number of fused-ring (bicyclic) bond motifs is 1. The molecule has 7 nitrogen and oxygen atoms in total. The number of carbonyl (C=O) groups is 1. The molecule has 0 N–H and O–H groups in total. The highest BCUT2D eigenvalue weighted by molar-refractivity contribution is 5.78. The van der Waals surface area contributed by atoms with Gasteiger partial charge in [-0.3, -0.25) is 4.79 Å². The van der Waals surface area contributed by atoms with E-state index in [4.69, 9.17) is 14.0 Å². The van der Waals surface area contributed by atoms with Gasteiger partial charge in [-0.25, -0.2) is 0 Å². The van der Waals surface area contributed by atoms with Crippen molar-refractivity contribution in [2.45, 2.75) is 31.7 Å². The van der Waals surface area contributed by atoms with Crippen molar-refractivity contribution in [2.24, 2.45) is 0 Å². The molecule has 4 rings (SSSR count). The van der Waals surface area contributed by atoms with Crippen LogP contribution in [0.2, 0.25) is 0 Å². The van der Waals surface area contributed by atoms with Gasteiger partial charge in [0.05, 0.1) is 13.2 Å². The number of morpholine rings is 1. The van der Waals surface area contributed by atoms with Crippen molar-refractivity contribution in [1.29, 1.82) is 0 Å². The summed E-state index contributed by atoms with van der Waals surface area (Å²) in [5.41, 5.74) is 2.74. The highest BCUT2D eigenvalue weighted by Crippen LogP contribution is 2.26. The highest BCUT2D eigenvalue weighted by Gasteiger charge is 2.31. The smallest absolute Gasteiger partial charge is 0.261 e. The molecule has 1 aliphatic heterocycles. The summed E-state index contributed by atoms with van der Waals surface area (Å²) in [7, 11) is 0. The minimum atomic E-state index is -0.327. The number of aromatic nitrogens is 2. The molecule has 0 bridgehead atoms. The maximum Gasteiger partial charge on any atom is 0.261 e. The molecule has 132 valence electrons. The van der Waals surface area contributed by atoms with Crippen LogP contribution in [0.1, 0.15) is 35.8 Å². The number of rotatable bonds is 4. The molecule has 0 spiro atoms. The molecule has 25 heavy (non-hydrogen) atoms. The number of ether oxygens (including phenoxy) is 2. The van der Waals surface area contributed by atoms with Gasteiger partial charge in [-0.1, -0.05) is 11.2 Å². The summed E-state index contributed by atoms with van der Waals surface area (Å²) in [6, 6.07) is 5.81. The molecule has 1 aliphatic carbocycles. The largest absolute Gasteiger partial charge is 0.484 e. The molecule has 2 aromatic rings. The van der Waals surface area contributed by atoms with E-state index < -0.39 is 0 Å². The normalized spacial score (nSPS) is 20.2. The van der Waals surface area contributed by atoms with Crippen molar-refractivity contribution >= 4 is 5.91 Å². The van der Waals surface area contributed by atoms with E-state index in [1.165, 1.54) is 30.4 Å². The first-order chi connectivity index (χ1) is 12.3. The van der Waals surface area contributed by atoms with Crippen LogP contribution in [0.5, 0.6) is 5.75 Å². The predicted octanol–water partition coefficient (Wildman–Crippen LogP) is 1.93. The Morgan fingerprint density at radius 1 is 1.28 bits per heavy atom. The minimum Gasteiger partial charge on any atom is -0.484 e. The van der Waals surface area contributed by atoms with Crippen LogP contribution in [-0.4, -0.2) is 47.3 Å². The topological polar surface area (TPSA) is 77.7 Å². The first kappa shape index (κ1) is 16.1. The highest BCUT2D eigenvalue weighted by atomic mass is 16.5. The van der Waals surface area contributed by atoms with Crippen LogP contribution in [0, 0.1) is 0 Å². The standard InChI is InChI=1S/C18H21N3O4/c22-17(21-7-8-23-10-16(21)18-19-12-25-20-18)11-24-15-6-5-13-3-1-2-4-14(13)9-15/h5-6,9,12,16H,1-4,7-8,10-11H2. The maximum absolute atomic E-state index is 12.6. The van der Waals surface area contributed by atoms with Gasteiger partial charge in [-0.15, -0.1) is 0 Å². The number of amides is 1. The third-order valence-corrected chi connectivity index (χ3v) is 4.81. The van der Waals surface area contributed by atoms with Crippen molar-refractivity contribution in [2.75, 3.05) is 26.4 Å². The second-order valence-electron chi connectivity index (χ2n) is 6.39. The molecular formula is C18H21N3O4. The average molecular weight is 343 g/mol. The third-order valence-electron chi connectivity index (χ3n) is 4.81. The molecule has 1 unspecified atom stereocenters. The Morgan fingerprint density at radius 3 is 3.00 bits per heavy atom. The van der Waals surface area contributed by atoms with E-state index in [1.54, 1.807) is 4.90 Å². The molecule has 0 saturated carbocycles. The van der Waals surface area contributed by atoms with Crippen molar-refractivity contribution in [3.8, 4) is 5.75 Å². The lowest BCUT2D eigenvalue weighted by molar-refractivity contribution is -0.142. The Balaban J connectivity index is 1.41. The van der Waals surface area contributed by atoms with E-state index in [9.17, 15) is 4.79 Å². The summed E-state index contributed by atoms with van der Waals surface area (Å²) >= 11 is 0. The Kier molecular flexibility index (Phi) is 4.65. The van der Waals surface area contributed by atoms with Crippen LogP contribution in [0.3, 0.4) is 0 Å². The molecule has 1 amide bonds. The van der Waals surface area contributed by atoms with Crippen molar-refractivity contribution in [3.05, 3.63) is 41.5 Å². The van der Waals surface area contributed by atoms with Gasteiger partial charge in [0.15, 0.2) is 12.4 Å². The fourth-order valence-corrected chi connectivity index (χ4v) is 3.47. The van der Waals surface area contributed by atoms with Crippen LogP contribution in [0.15, 0.2) is 29.1 Å². The first-order valence-corrected chi connectivity index (χ1v) is 8.69. The molecule has 1 saturated heterocycles. The Bertz CT molecular complexity index is 732. The summed E-state index contributed by atoms with van der Waals surface area (Å²) in [5.74, 6) is 1.11. The third kappa shape index (κ3) is 3.51. The summed E-state index contributed by atoms with van der Waals surface area (Å²) in [4.78, 5) is 18.4. The number of hydrogen-bond acceptors (Lipinski definition) is 6. The molecule has 1 aromatic carbocycles. The van der Waals surface area contributed by atoms with Gasteiger partial charge < -0.3 is 18.9 Å². The fraction of sp³-hybridized carbons (Fsp3) is 0.500. The molecule has 2 aliphatic rings. The summed E-state index contributed by atoms with van der Waals surface area (Å²) < 4.78 is 16.0. The lowest BCUT2D eigenvalue weighted by atomic mass is 9.92. The van der Waals surface area contributed by atoms with E-state index in [1.807, 2.05) is 6.07 Å². The van der Waals surface area contributed by atoms with Crippen LogP contribution in [0.4, 0.5) is 0 Å². The number of hydrogen-bond donors (Lipinski definition) is 0. The van der Waals surface area contributed by atoms with Crippen LogP contribution >= 0.6 is 0 Å². The van der Waals surface area contributed by atoms with Gasteiger partial charge in [0.2, 0.25) is 6.39 Å². The Labute approximate surface area is 145 Å². The molecular weight excluding hydrogens is 322 g/mol. The van der Waals surface area contributed by atoms with Crippen molar-refractivity contribution in [1.82, 2.24) is 15.0 Å². The van der Waals surface area contributed by atoms with Crippen molar-refractivity contribution < 1.29 is 18.8 Å². The van der Waals surface area contributed by atoms with E-state index in [0.717, 1.165) is 18.6 Å². The SMILES string of the molecule is O=C(COc1ccc2c(c1)CCCC2)N1CCOCC1c1ncon1. The zero-order chi connectivity index (χ0) is 17.1. The lowest BCUT2D eigenvalue weighted by Crippen LogP contribution is -2.45. The fourth-order valence-electron chi connectivity index (χ4n) is 3.47. The van der Waals surface area contributed by atoms with Crippen LogP contribution < -0.4 is 4.74 Å². The zero-order valence-corrected chi connectivity index (χ0v) is 14.0. The van der Waals surface area contributed by atoms with Gasteiger partial charge >= 0.3 is 0 Å². The van der Waals surface area contributed by atoms with Gasteiger partial charge in [0.25, 0.3) is 5.91 Å².